The Balaban J connectivity index is 1.68. The van der Waals surface area contributed by atoms with Gasteiger partial charge in [0, 0.05) is 16.7 Å². The van der Waals surface area contributed by atoms with Crippen molar-refractivity contribution in [2.75, 3.05) is 13.2 Å². The third kappa shape index (κ3) is 7.05. The average Bonchev–Trinajstić information content (AvgIpc) is 3.54. The van der Waals surface area contributed by atoms with Gasteiger partial charge in [-0.15, -0.1) is 22.7 Å². The molecule has 0 radical (unpaired) electrons. The number of carbonyl (C=O) groups excluding carboxylic acids is 2. The number of rotatable bonds is 16. The van der Waals surface area contributed by atoms with Crippen molar-refractivity contribution >= 4 is 40.2 Å². The van der Waals surface area contributed by atoms with Crippen LogP contribution in [-0.4, -0.2) is 25.2 Å². The molecule has 0 bridgehead atoms. The lowest BCUT2D eigenvalue weighted by molar-refractivity contribution is -0.147. The second-order valence-corrected chi connectivity index (χ2v) is 10.7. The van der Waals surface area contributed by atoms with E-state index in [4.69, 9.17) is 9.47 Å². The molecule has 2 aromatic heterocycles. The third-order valence-corrected chi connectivity index (χ3v) is 8.19. The van der Waals surface area contributed by atoms with Crippen LogP contribution in [0, 0.1) is 0 Å². The second kappa shape index (κ2) is 14.5. The molecule has 186 valence electrons. The van der Waals surface area contributed by atoms with Crippen molar-refractivity contribution in [2.24, 2.45) is 0 Å². The van der Waals surface area contributed by atoms with Gasteiger partial charge in [-0.3, -0.25) is 0 Å². The Labute approximate surface area is 212 Å². The maximum Gasteiger partial charge on any atom is 0.346 e. The number of hydrogen-bond donors (Lipinski definition) is 0. The number of hydrogen-bond acceptors (Lipinski definition) is 6. The molecule has 0 amide bonds. The molecular weight excluding hydrogens is 464 g/mol. The summed E-state index contributed by atoms with van der Waals surface area (Å²) in [5.74, 6) is -1.12. The highest BCUT2D eigenvalue weighted by Crippen LogP contribution is 2.51. The van der Waals surface area contributed by atoms with Crippen LogP contribution in [-0.2, 0) is 19.1 Å². The second-order valence-electron chi connectivity index (χ2n) is 8.88. The van der Waals surface area contributed by atoms with Crippen molar-refractivity contribution in [3.63, 3.8) is 0 Å². The molecule has 0 N–H and O–H groups in total. The molecule has 3 rings (SSSR count). The molecule has 0 fully saturated rings. The highest BCUT2D eigenvalue weighted by Gasteiger charge is 2.35. The predicted octanol–water partition coefficient (Wildman–Crippen LogP) is 8.40. The number of ether oxygens (including phenoxy) is 2. The van der Waals surface area contributed by atoms with E-state index in [2.05, 4.69) is 13.8 Å². The van der Waals surface area contributed by atoms with Crippen molar-refractivity contribution < 1.29 is 19.1 Å². The first-order valence-corrected chi connectivity index (χ1v) is 14.7. The topological polar surface area (TPSA) is 52.6 Å². The molecule has 0 atom stereocenters. The van der Waals surface area contributed by atoms with Gasteiger partial charge in [0.05, 0.1) is 23.0 Å². The molecule has 6 heteroatoms. The van der Waals surface area contributed by atoms with Crippen molar-refractivity contribution in [1.29, 1.82) is 0 Å². The number of thiophene rings is 2. The van der Waals surface area contributed by atoms with Crippen molar-refractivity contribution in [3.8, 4) is 9.75 Å². The Morgan fingerprint density at radius 1 is 0.647 bits per heavy atom. The summed E-state index contributed by atoms with van der Waals surface area (Å²) in [7, 11) is 0. The predicted molar refractivity (Wildman–Crippen MR) is 142 cm³/mol. The van der Waals surface area contributed by atoms with Gasteiger partial charge in [0.1, 0.15) is 0 Å². The fraction of sp³-hybridized carbons (Fsp3) is 0.571. The lowest BCUT2D eigenvalue weighted by Crippen LogP contribution is -2.21. The number of fused-ring (bicyclic) bond motifs is 3. The SMILES string of the molecule is CCCCCCCCOC(=O)C(C(=O)OCCCCCCCC)=C1c2ccsc2-c2sccc21. The van der Waals surface area contributed by atoms with E-state index in [9.17, 15) is 9.59 Å². The van der Waals surface area contributed by atoms with Crippen LogP contribution >= 0.6 is 22.7 Å². The highest BCUT2D eigenvalue weighted by atomic mass is 32.1. The van der Waals surface area contributed by atoms with Crippen LogP contribution in [0.15, 0.2) is 28.5 Å². The maximum atomic E-state index is 13.2. The van der Waals surface area contributed by atoms with Gasteiger partial charge in [-0.1, -0.05) is 78.1 Å². The van der Waals surface area contributed by atoms with Crippen LogP contribution in [0.4, 0.5) is 0 Å². The van der Waals surface area contributed by atoms with Crippen molar-refractivity contribution in [1.82, 2.24) is 0 Å². The summed E-state index contributed by atoms with van der Waals surface area (Å²) >= 11 is 3.28. The van der Waals surface area contributed by atoms with Gasteiger partial charge < -0.3 is 9.47 Å². The van der Waals surface area contributed by atoms with Crippen LogP contribution in [0.5, 0.6) is 0 Å². The molecule has 1 aliphatic carbocycles. The van der Waals surface area contributed by atoms with Crippen LogP contribution < -0.4 is 0 Å². The Morgan fingerprint density at radius 2 is 1.06 bits per heavy atom. The first-order valence-electron chi connectivity index (χ1n) is 12.9. The molecular formula is C28H38O4S2. The van der Waals surface area contributed by atoms with Gasteiger partial charge in [-0.05, 0) is 35.7 Å². The Bertz CT molecular complexity index is 879. The molecule has 0 unspecified atom stereocenters. The standard InChI is InChI=1S/C28H38O4S2/c1-3-5-7-9-11-13-17-31-27(29)24(28(30)32-18-14-12-10-8-6-4-2)23-21-15-19-33-25(21)26-22(23)16-20-34-26/h15-16,19-20H,3-14,17-18H2,1-2H3. The van der Waals surface area contributed by atoms with Crippen LogP contribution in [0.25, 0.3) is 15.3 Å². The fourth-order valence-corrected chi connectivity index (χ4v) is 6.30. The largest absolute Gasteiger partial charge is 0.462 e. The number of carbonyl (C=O) groups is 2. The van der Waals surface area contributed by atoms with Gasteiger partial charge in [-0.25, -0.2) is 9.59 Å². The van der Waals surface area contributed by atoms with E-state index in [-0.39, 0.29) is 5.57 Å². The highest BCUT2D eigenvalue weighted by molar-refractivity contribution is 7.21. The normalized spacial score (nSPS) is 11.9. The van der Waals surface area contributed by atoms with E-state index in [1.165, 1.54) is 38.5 Å². The van der Waals surface area contributed by atoms with Gasteiger partial charge in [0.15, 0.2) is 5.57 Å². The van der Waals surface area contributed by atoms with E-state index in [1.54, 1.807) is 22.7 Å². The fourth-order valence-electron chi connectivity index (χ4n) is 4.30. The quantitative estimate of drug-likeness (QED) is 0.0649. The molecule has 34 heavy (non-hydrogen) atoms. The van der Waals surface area contributed by atoms with Crippen LogP contribution in [0.1, 0.15) is 102 Å². The summed E-state index contributed by atoms with van der Waals surface area (Å²) in [6.45, 7) is 5.06. The van der Waals surface area contributed by atoms with Crippen molar-refractivity contribution in [2.45, 2.75) is 90.9 Å². The first-order chi connectivity index (χ1) is 16.7. The zero-order valence-electron chi connectivity index (χ0n) is 20.7. The van der Waals surface area contributed by atoms with Gasteiger partial charge in [-0.2, -0.15) is 0 Å². The van der Waals surface area contributed by atoms with E-state index >= 15 is 0 Å². The van der Waals surface area contributed by atoms with E-state index < -0.39 is 11.9 Å². The van der Waals surface area contributed by atoms with Crippen LogP contribution in [0.2, 0.25) is 0 Å². The number of esters is 2. The molecule has 2 aromatic rings. The lowest BCUT2D eigenvalue weighted by atomic mass is 10.00. The molecule has 0 aromatic carbocycles. The summed E-state index contributed by atoms with van der Waals surface area (Å²) in [6.07, 6.45) is 13.3. The lowest BCUT2D eigenvalue weighted by Gasteiger charge is -2.12. The van der Waals surface area contributed by atoms with E-state index in [0.717, 1.165) is 59.4 Å². The zero-order chi connectivity index (χ0) is 24.2. The van der Waals surface area contributed by atoms with Crippen molar-refractivity contribution in [3.05, 3.63) is 39.6 Å². The zero-order valence-corrected chi connectivity index (χ0v) is 22.3. The summed E-state index contributed by atoms with van der Waals surface area (Å²) < 4.78 is 11.2. The Kier molecular flexibility index (Phi) is 11.4. The molecule has 0 aliphatic heterocycles. The smallest absolute Gasteiger partial charge is 0.346 e. The molecule has 4 nitrogen and oxygen atoms in total. The van der Waals surface area contributed by atoms with E-state index in [1.807, 2.05) is 22.9 Å². The molecule has 0 spiro atoms. The van der Waals surface area contributed by atoms with Crippen LogP contribution in [0.3, 0.4) is 0 Å². The maximum absolute atomic E-state index is 13.2. The van der Waals surface area contributed by atoms with E-state index in [0.29, 0.717) is 18.8 Å². The summed E-state index contributed by atoms with van der Waals surface area (Å²) in [5.41, 5.74) is 2.60. The summed E-state index contributed by atoms with van der Waals surface area (Å²) in [4.78, 5) is 28.6. The minimum atomic E-state index is -0.562. The Hall–Kier alpha value is -1.92. The minimum Gasteiger partial charge on any atom is -0.462 e. The third-order valence-electron chi connectivity index (χ3n) is 6.20. The summed E-state index contributed by atoms with van der Waals surface area (Å²) in [6, 6.07) is 3.98. The van der Waals surface area contributed by atoms with Gasteiger partial charge >= 0.3 is 11.9 Å². The van der Waals surface area contributed by atoms with Gasteiger partial charge in [0.25, 0.3) is 0 Å². The number of unbranched alkanes of at least 4 members (excludes halogenated alkanes) is 10. The minimum absolute atomic E-state index is 0.0498. The molecule has 2 heterocycles. The summed E-state index contributed by atoms with van der Waals surface area (Å²) in [5, 5.41) is 4.02. The Morgan fingerprint density at radius 3 is 1.50 bits per heavy atom. The molecule has 1 aliphatic rings. The average molecular weight is 503 g/mol. The molecule has 0 saturated carbocycles. The monoisotopic (exact) mass is 502 g/mol. The first kappa shape index (κ1) is 26.7. The molecule has 0 saturated heterocycles. The van der Waals surface area contributed by atoms with Gasteiger partial charge in [0.2, 0.25) is 0 Å².